The summed E-state index contributed by atoms with van der Waals surface area (Å²) in [5.41, 5.74) is 2.76. The summed E-state index contributed by atoms with van der Waals surface area (Å²) in [5, 5.41) is 15.4. The minimum absolute atomic E-state index is 0.476. The average Bonchev–Trinajstić information content (AvgIpc) is 2.69. The fourth-order valence-corrected chi connectivity index (χ4v) is 2.32. The molecule has 2 N–H and O–H groups in total. The molecule has 5 heteroatoms. The summed E-state index contributed by atoms with van der Waals surface area (Å²) in [6.45, 7) is 8.10. The van der Waals surface area contributed by atoms with E-state index in [9.17, 15) is 0 Å². The highest BCUT2D eigenvalue weighted by molar-refractivity contribution is 5.79. The maximum absolute atomic E-state index is 8.86. The van der Waals surface area contributed by atoms with Crippen molar-refractivity contribution in [3.05, 3.63) is 77.9 Å². The van der Waals surface area contributed by atoms with Crippen molar-refractivity contribution < 1.29 is 4.74 Å². The van der Waals surface area contributed by atoms with Gasteiger partial charge in [0.1, 0.15) is 12.4 Å². The number of guanidine groups is 1. The second kappa shape index (κ2) is 10.6. The molecule has 2 aromatic rings. The molecule has 0 fully saturated rings. The van der Waals surface area contributed by atoms with Gasteiger partial charge in [-0.25, -0.2) is 4.99 Å². The maximum atomic E-state index is 8.86. The molecule has 2 aromatic carbocycles. The second-order valence-electron chi connectivity index (χ2n) is 5.56. The van der Waals surface area contributed by atoms with E-state index in [1.165, 1.54) is 0 Å². The number of rotatable bonds is 8. The molecule has 0 saturated carbocycles. The Labute approximate surface area is 155 Å². The van der Waals surface area contributed by atoms with Gasteiger partial charge in [-0.05, 0) is 30.7 Å². The van der Waals surface area contributed by atoms with Crippen LogP contribution in [-0.2, 0) is 13.1 Å². The zero-order chi connectivity index (χ0) is 18.6. The average molecular weight is 348 g/mol. The largest absolute Gasteiger partial charge is 0.489 e. The van der Waals surface area contributed by atoms with Crippen molar-refractivity contribution in [3.63, 3.8) is 0 Å². The Balaban J connectivity index is 2.01. The zero-order valence-corrected chi connectivity index (χ0v) is 15.0. The number of aliphatic imine (C=N–C) groups is 1. The molecule has 0 bridgehead atoms. The van der Waals surface area contributed by atoms with Crippen LogP contribution in [0.4, 0.5) is 0 Å². The Bertz CT molecular complexity index is 775. The molecule has 0 aliphatic rings. The van der Waals surface area contributed by atoms with Crippen molar-refractivity contribution in [1.82, 2.24) is 10.6 Å². The molecular weight excluding hydrogens is 324 g/mol. The van der Waals surface area contributed by atoms with Crippen LogP contribution in [0.2, 0.25) is 0 Å². The smallest absolute Gasteiger partial charge is 0.191 e. The van der Waals surface area contributed by atoms with Gasteiger partial charge in [0, 0.05) is 18.7 Å². The van der Waals surface area contributed by atoms with Gasteiger partial charge in [-0.1, -0.05) is 43.0 Å². The Morgan fingerprint density at radius 3 is 2.65 bits per heavy atom. The van der Waals surface area contributed by atoms with Crippen molar-refractivity contribution >= 4 is 5.96 Å². The summed E-state index contributed by atoms with van der Waals surface area (Å²) in [7, 11) is 0. The molecule has 5 nitrogen and oxygen atoms in total. The summed E-state index contributed by atoms with van der Waals surface area (Å²) in [6, 6.07) is 17.5. The molecule has 0 radical (unpaired) electrons. The number of hydrogen-bond acceptors (Lipinski definition) is 3. The highest BCUT2D eigenvalue weighted by Gasteiger charge is 2.04. The van der Waals surface area contributed by atoms with E-state index in [0.29, 0.717) is 25.3 Å². The molecule has 0 heterocycles. The number of ether oxygens (including phenoxy) is 1. The third-order valence-corrected chi connectivity index (χ3v) is 3.62. The quantitative estimate of drug-likeness (QED) is 0.436. The van der Waals surface area contributed by atoms with Crippen LogP contribution < -0.4 is 15.4 Å². The fourth-order valence-electron chi connectivity index (χ4n) is 2.32. The molecule has 134 valence electrons. The Morgan fingerprint density at radius 1 is 1.19 bits per heavy atom. The first kappa shape index (κ1) is 19.1. The highest BCUT2D eigenvalue weighted by atomic mass is 16.5. The van der Waals surface area contributed by atoms with Gasteiger partial charge in [0.25, 0.3) is 0 Å². The van der Waals surface area contributed by atoms with Crippen LogP contribution in [0.3, 0.4) is 0 Å². The van der Waals surface area contributed by atoms with Crippen LogP contribution in [0.5, 0.6) is 5.75 Å². The Kier molecular flexibility index (Phi) is 7.75. The zero-order valence-electron chi connectivity index (χ0n) is 15.0. The Hall–Kier alpha value is -3.26. The fraction of sp³-hybridized carbons (Fsp3) is 0.238. The first-order chi connectivity index (χ1) is 12.8. The van der Waals surface area contributed by atoms with Crippen LogP contribution in [-0.4, -0.2) is 19.1 Å². The molecule has 0 unspecified atom stereocenters. The minimum atomic E-state index is 0.476. The normalized spacial score (nSPS) is 10.7. The number of para-hydroxylation sites is 1. The van der Waals surface area contributed by atoms with E-state index in [0.717, 1.165) is 29.4 Å². The first-order valence-electron chi connectivity index (χ1n) is 8.59. The van der Waals surface area contributed by atoms with Crippen molar-refractivity contribution in [2.45, 2.75) is 20.0 Å². The van der Waals surface area contributed by atoms with E-state index in [2.05, 4.69) is 28.3 Å². The van der Waals surface area contributed by atoms with Crippen LogP contribution in [0, 0.1) is 11.3 Å². The third kappa shape index (κ3) is 5.99. The summed E-state index contributed by atoms with van der Waals surface area (Å²) in [4.78, 5) is 4.60. The third-order valence-electron chi connectivity index (χ3n) is 3.62. The molecule has 26 heavy (non-hydrogen) atoms. The number of nitrogens with one attached hydrogen (secondary N) is 2. The molecular formula is C21H24N4O. The van der Waals surface area contributed by atoms with Gasteiger partial charge in [-0.2, -0.15) is 5.26 Å². The molecule has 0 aromatic heterocycles. The second-order valence-corrected chi connectivity index (χ2v) is 5.56. The van der Waals surface area contributed by atoms with Gasteiger partial charge in [0.2, 0.25) is 0 Å². The van der Waals surface area contributed by atoms with Crippen LogP contribution in [0.15, 0.2) is 66.2 Å². The molecule has 0 saturated heterocycles. The van der Waals surface area contributed by atoms with Crippen molar-refractivity contribution in [1.29, 1.82) is 5.26 Å². The number of nitrogens with zero attached hydrogens (tertiary/aromatic N) is 2. The van der Waals surface area contributed by atoms with Gasteiger partial charge < -0.3 is 15.4 Å². The van der Waals surface area contributed by atoms with E-state index in [1.807, 2.05) is 43.3 Å². The van der Waals surface area contributed by atoms with Crippen molar-refractivity contribution in [2.75, 3.05) is 13.2 Å². The number of hydrogen-bond donors (Lipinski definition) is 2. The molecule has 0 atom stereocenters. The van der Waals surface area contributed by atoms with E-state index >= 15 is 0 Å². The summed E-state index contributed by atoms with van der Waals surface area (Å²) >= 11 is 0. The summed E-state index contributed by atoms with van der Waals surface area (Å²) in [5.74, 6) is 1.57. The highest BCUT2D eigenvalue weighted by Crippen LogP contribution is 2.17. The number of benzene rings is 2. The van der Waals surface area contributed by atoms with Gasteiger partial charge in [0.15, 0.2) is 5.96 Å². The molecule has 0 aliphatic heterocycles. The predicted octanol–water partition coefficient (Wildman–Crippen LogP) is 3.38. The van der Waals surface area contributed by atoms with E-state index in [-0.39, 0.29) is 0 Å². The monoisotopic (exact) mass is 348 g/mol. The SMILES string of the molecule is C=CCOc1ccccc1CNC(=NCc1ccc(C#N)cc1)NCC. The molecule has 0 amide bonds. The van der Waals surface area contributed by atoms with Crippen LogP contribution in [0.1, 0.15) is 23.6 Å². The van der Waals surface area contributed by atoms with Gasteiger partial charge in [-0.15, -0.1) is 0 Å². The lowest BCUT2D eigenvalue weighted by Crippen LogP contribution is -2.36. The lowest BCUT2D eigenvalue weighted by molar-refractivity contribution is 0.358. The van der Waals surface area contributed by atoms with Crippen LogP contribution >= 0.6 is 0 Å². The Morgan fingerprint density at radius 2 is 1.96 bits per heavy atom. The molecule has 0 spiro atoms. The predicted molar refractivity (Wildman–Crippen MR) is 105 cm³/mol. The number of nitriles is 1. The van der Waals surface area contributed by atoms with E-state index in [1.54, 1.807) is 18.2 Å². The van der Waals surface area contributed by atoms with E-state index < -0.39 is 0 Å². The standard InChI is InChI=1S/C21H24N4O/c1-3-13-26-20-8-6-5-7-19(20)16-25-21(23-4-2)24-15-18-11-9-17(14-22)10-12-18/h3,5-12H,1,4,13,15-16H2,2H3,(H2,23,24,25). The van der Waals surface area contributed by atoms with Crippen molar-refractivity contribution in [3.8, 4) is 11.8 Å². The maximum Gasteiger partial charge on any atom is 0.191 e. The van der Waals surface area contributed by atoms with Crippen LogP contribution in [0.25, 0.3) is 0 Å². The topological polar surface area (TPSA) is 69.4 Å². The summed E-state index contributed by atoms with van der Waals surface area (Å²) in [6.07, 6.45) is 1.73. The molecule has 0 aliphatic carbocycles. The van der Waals surface area contributed by atoms with Crippen molar-refractivity contribution in [2.24, 2.45) is 4.99 Å². The lowest BCUT2D eigenvalue weighted by atomic mass is 10.1. The first-order valence-corrected chi connectivity index (χ1v) is 8.59. The minimum Gasteiger partial charge on any atom is -0.489 e. The van der Waals surface area contributed by atoms with Gasteiger partial charge >= 0.3 is 0 Å². The van der Waals surface area contributed by atoms with E-state index in [4.69, 9.17) is 10.00 Å². The molecule has 2 rings (SSSR count). The van der Waals surface area contributed by atoms with Gasteiger partial charge in [0.05, 0.1) is 18.2 Å². The summed E-state index contributed by atoms with van der Waals surface area (Å²) < 4.78 is 5.68. The lowest BCUT2D eigenvalue weighted by Gasteiger charge is -2.14. The van der Waals surface area contributed by atoms with Gasteiger partial charge in [-0.3, -0.25) is 0 Å².